The molecule has 8 nitrogen and oxygen atoms in total. The third-order valence-corrected chi connectivity index (χ3v) is 5.81. The Bertz CT molecular complexity index is 1380. The van der Waals surface area contributed by atoms with Crippen molar-refractivity contribution in [3.8, 4) is 5.75 Å². The largest absolute Gasteiger partial charge is 0.494 e. The Kier molecular flexibility index (Phi) is 7.49. The second-order valence-corrected chi connectivity index (χ2v) is 8.28. The molecule has 0 fully saturated rings. The van der Waals surface area contributed by atoms with Crippen molar-refractivity contribution in [3.63, 3.8) is 0 Å². The van der Waals surface area contributed by atoms with Crippen molar-refractivity contribution in [1.82, 2.24) is 24.4 Å². The van der Waals surface area contributed by atoms with Crippen LogP contribution in [-0.4, -0.2) is 32.3 Å². The lowest BCUT2D eigenvalue weighted by atomic mass is 10.1. The molecule has 0 aliphatic carbocycles. The van der Waals surface area contributed by atoms with Crippen LogP contribution in [-0.2, 0) is 33.5 Å². The van der Waals surface area contributed by atoms with Crippen LogP contribution >= 0.6 is 0 Å². The zero-order chi connectivity index (χ0) is 23.9. The van der Waals surface area contributed by atoms with Gasteiger partial charge in [0.1, 0.15) is 5.75 Å². The van der Waals surface area contributed by atoms with Crippen molar-refractivity contribution < 1.29 is 4.74 Å². The van der Waals surface area contributed by atoms with E-state index in [1.807, 2.05) is 24.5 Å². The lowest BCUT2D eigenvalue weighted by Crippen LogP contribution is -2.36. The molecule has 0 atom stereocenters. The Balaban J connectivity index is 1.23. The lowest BCUT2D eigenvalue weighted by Gasteiger charge is -2.11. The number of aryl methyl sites for hydroxylation is 3. The minimum atomic E-state index is -0.341. The predicted octanol–water partition coefficient (Wildman–Crippen LogP) is 2.37. The maximum atomic E-state index is 12.4. The molecular weight excluding hydrogens is 430 g/mol. The molecule has 0 radical (unpaired) electrons. The van der Waals surface area contributed by atoms with Crippen LogP contribution in [0.3, 0.4) is 0 Å². The molecule has 0 bridgehead atoms. The number of ether oxygens (including phenoxy) is 1. The fourth-order valence-corrected chi connectivity index (χ4v) is 3.88. The SMILES string of the molecule is Cn1c(=O)c2cc(OCCCNCc3ccnc(CCc4cccnc4)c3)ccc2n(C)c1=O. The summed E-state index contributed by atoms with van der Waals surface area (Å²) in [4.78, 5) is 33.1. The summed E-state index contributed by atoms with van der Waals surface area (Å²) in [5.74, 6) is 0.621. The second-order valence-electron chi connectivity index (χ2n) is 8.28. The second kappa shape index (κ2) is 10.9. The van der Waals surface area contributed by atoms with Gasteiger partial charge in [0.25, 0.3) is 5.56 Å². The molecule has 0 unspecified atom stereocenters. The highest BCUT2D eigenvalue weighted by Gasteiger charge is 2.09. The highest BCUT2D eigenvalue weighted by Crippen LogP contribution is 2.17. The molecule has 1 N–H and O–H groups in total. The topological polar surface area (TPSA) is 91.0 Å². The predicted molar refractivity (Wildman–Crippen MR) is 132 cm³/mol. The Labute approximate surface area is 197 Å². The molecule has 4 aromatic rings. The lowest BCUT2D eigenvalue weighted by molar-refractivity contribution is 0.308. The monoisotopic (exact) mass is 459 g/mol. The molecule has 0 saturated carbocycles. The van der Waals surface area contributed by atoms with Crippen LogP contribution in [0.2, 0.25) is 0 Å². The molecular formula is C26H29N5O3. The van der Waals surface area contributed by atoms with E-state index in [2.05, 4.69) is 27.4 Å². The third-order valence-electron chi connectivity index (χ3n) is 5.81. The van der Waals surface area contributed by atoms with Gasteiger partial charge < -0.3 is 10.1 Å². The third kappa shape index (κ3) is 5.58. The van der Waals surface area contributed by atoms with E-state index in [1.54, 1.807) is 31.4 Å². The fourth-order valence-electron chi connectivity index (χ4n) is 3.88. The standard InChI is InChI=1S/C26H29N5O3/c1-30-24-9-8-22(16-23(24)25(32)31(2)26(30)33)34-14-4-12-28-18-20-10-13-29-21(15-20)7-6-19-5-3-11-27-17-19/h3,5,8-11,13,15-17,28H,4,6-7,12,14,18H2,1-2H3. The number of pyridine rings is 2. The van der Waals surface area contributed by atoms with Crippen molar-refractivity contribution in [2.75, 3.05) is 13.2 Å². The van der Waals surface area contributed by atoms with E-state index in [0.29, 0.717) is 23.3 Å². The molecule has 0 aliphatic heterocycles. The Morgan fingerprint density at radius 3 is 2.68 bits per heavy atom. The van der Waals surface area contributed by atoms with E-state index in [4.69, 9.17) is 4.74 Å². The molecule has 3 aromatic heterocycles. The molecule has 0 saturated heterocycles. The van der Waals surface area contributed by atoms with Crippen molar-refractivity contribution >= 4 is 10.9 Å². The zero-order valence-corrected chi connectivity index (χ0v) is 19.5. The number of hydrogen-bond acceptors (Lipinski definition) is 6. The molecule has 176 valence electrons. The minimum absolute atomic E-state index is 0.317. The van der Waals surface area contributed by atoms with Crippen molar-refractivity contribution in [3.05, 3.63) is 98.7 Å². The van der Waals surface area contributed by atoms with Gasteiger partial charge in [-0.15, -0.1) is 0 Å². The van der Waals surface area contributed by atoms with Crippen LogP contribution in [0.5, 0.6) is 5.75 Å². The van der Waals surface area contributed by atoms with Crippen LogP contribution in [0.25, 0.3) is 10.9 Å². The van der Waals surface area contributed by atoms with Gasteiger partial charge in [0, 0.05) is 44.9 Å². The number of hydrogen-bond donors (Lipinski definition) is 1. The van der Waals surface area contributed by atoms with Gasteiger partial charge in [-0.2, -0.15) is 0 Å². The van der Waals surface area contributed by atoms with E-state index in [-0.39, 0.29) is 11.2 Å². The molecule has 1 aromatic carbocycles. The van der Waals surface area contributed by atoms with Gasteiger partial charge in [-0.1, -0.05) is 6.07 Å². The first-order chi connectivity index (χ1) is 16.5. The molecule has 0 amide bonds. The van der Waals surface area contributed by atoms with Crippen LogP contribution in [0.15, 0.2) is 70.6 Å². The summed E-state index contributed by atoms with van der Waals surface area (Å²) in [5.41, 5.74) is 3.43. The number of rotatable bonds is 10. The summed E-state index contributed by atoms with van der Waals surface area (Å²) >= 11 is 0. The van der Waals surface area contributed by atoms with Crippen LogP contribution in [0.4, 0.5) is 0 Å². The van der Waals surface area contributed by atoms with Crippen LogP contribution in [0.1, 0.15) is 23.2 Å². The smallest absolute Gasteiger partial charge is 0.330 e. The molecule has 8 heteroatoms. The normalized spacial score (nSPS) is 11.1. The molecule has 3 heterocycles. The maximum Gasteiger partial charge on any atom is 0.330 e. The maximum absolute atomic E-state index is 12.4. The Morgan fingerprint density at radius 1 is 0.971 bits per heavy atom. The van der Waals surface area contributed by atoms with Crippen molar-refractivity contribution in [1.29, 1.82) is 0 Å². The molecule has 34 heavy (non-hydrogen) atoms. The van der Waals surface area contributed by atoms with Crippen molar-refractivity contribution in [2.45, 2.75) is 25.8 Å². The molecule has 4 rings (SSSR count). The zero-order valence-electron chi connectivity index (χ0n) is 19.5. The van der Waals surface area contributed by atoms with Gasteiger partial charge in [0.2, 0.25) is 0 Å². The van der Waals surface area contributed by atoms with E-state index < -0.39 is 0 Å². The first-order valence-corrected chi connectivity index (χ1v) is 11.4. The Morgan fingerprint density at radius 2 is 1.85 bits per heavy atom. The molecule has 0 aliphatic rings. The molecule has 0 spiro atoms. The number of fused-ring (bicyclic) bond motifs is 1. The van der Waals surface area contributed by atoms with Gasteiger partial charge in [0.05, 0.1) is 17.5 Å². The quantitative estimate of drug-likeness (QED) is 0.366. The summed E-state index contributed by atoms with van der Waals surface area (Å²) in [6.07, 6.45) is 8.17. The van der Waals surface area contributed by atoms with E-state index >= 15 is 0 Å². The van der Waals surface area contributed by atoms with Crippen LogP contribution < -0.4 is 21.3 Å². The van der Waals surface area contributed by atoms with E-state index in [0.717, 1.165) is 42.6 Å². The number of benzene rings is 1. The van der Waals surface area contributed by atoms with Gasteiger partial charge in [-0.3, -0.25) is 23.9 Å². The fraction of sp³-hybridized carbons (Fsp3) is 0.308. The summed E-state index contributed by atoms with van der Waals surface area (Å²) < 4.78 is 8.41. The highest BCUT2D eigenvalue weighted by molar-refractivity contribution is 5.79. The summed E-state index contributed by atoms with van der Waals surface area (Å²) in [5, 5.41) is 3.91. The first kappa shape index (κ1) is 23.4. The van der Waals surface area contributed by atoms with Gasteiger partial charge in [0.15, 0.2) is 0 Å². The first-order valence-electron chi connectivity index (χ1n) is 11.4. The summed E-state index contributed by atoms with van der Waals surface area (Å²) in [7, 11) is 3.14. The van der Waals surface area contributed by atoms with E-state index in [1.165, 1.54) is 22.7 Å². The number of nitrogens with one attached hydrogen (secondary N) is 1. The number of aromatic nitrogens is 4. The van der Waals surface area contributed by atoms with Gasteiger partial charge in [-0.25, -0.2) is 4.79 Å². The average molecular weight is 460 g/mol. The van der Waals surface area contributed by atoms with Gasteiger partial charge >= 0.3 is 5.69 Å². The van der Waals surface area contributed by atoms with Gasteiger partial charge in [-0.05, 0) is 73.3 Å². The van der Waals surface area contributed by atoms with Crippen molar-refractivity contribution in [2.24, 2.45) is 14.1 Å². The summed E-state index contributed by atoms with van der Waals surface area (Å²) in [6, 6.07) is 13.5. The number of nitrogens with zero attached hydrogens (tertiary/aromatic N) is 4. The average Bonchev–Trinajstić information content (AvgIpc) is 2.87. The van der Waals surface area contributed by atoms with E-state index in [9.17, 15) is 9.59 Å². The minimum Gasteiger partial charge on any atom is -0.494 e. The van der Waals surface area contributed by atoms with Crippen LogP contribution in [0, 0.1) is 0 Å². The summed E-state index contributed by atoms with van der Waals surface area (Å²) in [6.45, 7) is 2.09. The Hall–Kier alpha value is -3.78. The highest BCUT2D eigenvalue weighted by atomic mass is 16.5.